The van der Waals surface area contributed by atoms with Crippen molar-refractivity contribution < 1.29 is 20.1 Å². The average molecular weight is 804 g/mol. The van der Waals surface area contributed by atoms with Crippen molar-refractivity contribution in [2.45, 2.75) is 39.5 Å². The zero-order valence-electron chi connectivity index (χ0n) is 26.9. The van der Waals surface area contributed by atoms with Gasteiger partial charge in [0, 0.05) is 25.8 Å². The molecule has 0 fully saturated rings. The Balaban J connectivity index is 0.00000351. The van der Waals surface area contributed by atoms with Gasteiger partial charge in [0.1, 0.15) is 0 Å². The number of imidazole rings is 1. The normalized spacial score (nSPS) is 11.6. The zero-order valence-corrected chi connectivity index (χ0v) is 30.1. The Labute approximate surface area is 294 Å². The Morgan fingerprint density at radius 1 is 0.617 bits per heavy atom. The van der Waals surface area contributed by atoms with Crippen molar-refractivity contribution in [2.75, 3.05) is 0 Å². The van der Waals surface area contributed by atoms with Crippen LogP contribution >= 0.6 is 11.3 Å². The number of hydrogen-bond donors (Lipinski definition) is 0. The van der Waals surface area contributed by atoms with E-state index in [-0.39, 0.29) is 20.1 Å². The van der Waals surface area contributed by atoms with Gasteiger partial charge in [0.05, 0.1) is 16.9 Å². The fourth-order valence-electron chi connectivity index (χ4n) is 6.82. The second kappa shape index (κ2) is 12.7. The van der Waals surface area contributed by atoms with Crippen LogP contribution in [0.15, 0.2) is 127 Å². The molecule has 2 aromatic heterocycles. The summed E-state index contributed by atoms with van der Waals surface area (Å²) < 4.78 is 3.64. The Kier molecular flexibility index (Phi) is 8.44. The van der Waals surface area contributed by atoms with Gasteiger partial charge >= 0.3 is 0 Å². The van der Waals surface area contributed by atoms with Crippen molar-refractivity contribution in [3.8, 4) is 39.3 Å². The van der Waals surface area contributed by atoms with Crippen molar-refractivity contribution >= 4 is 43.2 Å². The summed E-state index contributed by atoms with van der Waals surface area (Å²) in [6, 6.07) is 46.1. The summed E-state index contributed by atoms with van der Waals surface area (Å²) in [4.78, 5) is 5.35. The largest absolute Gasteiger partial charge is 0.333 e. The quantitative estimate of drug-likeness (QED) is 0.153. The summed E-state index contributed by atoms with van der Waals surface area (Å²) in [6.45, 7) is 9.22. The molecule has 2 heterocycles. The van der Waals surface area contributed by atoms with Crippen LogP contribution in [-0.2, 0) is 20.1 Å². The van der Waals surface area contributed by atoms with Gasteiger partial charge in [-0.25, -0.2) is 0 Å². The molecule has 0 unspecified atom stereocenters. The molecule has 0 aliphatic heterocycles. The predicted molar refractivity (Wildman–Crippen MR) is 197 cm³/mol. The minimum atomic E-state index is 0. The fourth-order valence-corrected chi connectivity index (χ4v) is 7.64. The molecule has 0 spiro atoms. The van der Waals surface area contributed by atoms with E-state index in [1.807, 2.05) is 0 Å². The van der Waals surface area contributed by atoms with Crippen molar-refractivity contribution in [1.29, 1.82) is 0 Å². The first-order valence-corrected chi connectivity index (χ1v) is 16.9. The van der Waals surface area contributed by atoms with Gasteiger partial charge in [-0.2, -0.15) is 0 Å². The molecule has 0 N–H and O–H groups in total. The SMILES string of the molecule is CC(C)c1cc(-c2ccccc2)cc(C(C)C)c1-n1c(-c2[c-]sc3ccc(-c4cccc5ccccc45)cc23)nc2ccccc21.[Ir]. The number of thiophene rings is 1. The molecule has 233 valence electrons. The predicted octanol–water partition coefficient (Wildman–Crippen LogP) is 12.4. The van der Waals surface area contributed by atoms with Crippen molar-refractivity contribution in [2.24, 2.45) is 0 Å². The van der Waals surface area contributed by atoms with Crippen LogP contribution in [0.3, 0.4) is 0 Å². The monoisotopic (exact) mass is 804 g/mol. The van der Waals surface area contributed by atoms with Crippen LogP contribution in [0.25, 0.3) is 71.2 Å². The van der Waals surface area contributed by atoms with Crippen LogP contribution in [0.5, 0.6) is 0 Å². The first kappa shape index (κ1) is 31.3. The van der Waals surface area contributed by atoms with Crippen LogP contribution in [0.4, 0.5) is 0 Å². The molecule has 0 aliphatic rings. The van der Waals surface area contributed by atoms with Gasteiger partial charge in [-0.15, -0.1) is 5.39 Å². The number of para-hydroxylation sites is 2. The summed E-state index contributed by atoms with van der Waals surface area (Å²) in [5, 5.41) is 7.41. The molecule has 0 aliphatic carbocycles. The van der Waals surface area contributed by atoms with Gasteiger partial charge in [0.25, 0.3) is 0 Å². The van der Waals surface area contributed by atoms with Gasteiger partial charge in [0.2, 0.25) is 0 Å². The number of fused-ring (bicyclic) bond motifs is 3. The summed E-state index contributed by atoms with van der Waals surface area (Å²) >= 11 is 1.67. The molecular weight excluding hydrogens is 769 g/mol. The minimum absolute atomic E-state index is 0. The van der Waals surface area contributed by atoms with Crippen LogP contribution in [0.2, 0.25) is 0 Å². The summed E-state index contributed by atoms with van der Waals surface area (Å²) in [5.74, 6) is 1.57. The number of rotatable bonds is 6. The molecular formula is C43H35IrN2S-. The second-order valence-electron chi connectivity index (χ2n) is 12.8. The van der Waals surface area contributed by atoms with E-state index in [1.165, 1.54) is 59.9 Å². The average Bonchev–Trinajstić information content (AvgIpc) is 3.68. The van der Waals surface area contributed by atoms with E-state index in [4.69, 9.17) is 4.98 Å². The van der Waals surface area contributed by atoms with E-state index >= 15 is 0 Å². The second-order valence-corrected chi connectivity index (χ2v) is 13.6. The van der Waals surface area contributed by atoms with Gasteiger partial charge in [-0.1, -0.05) is 146 Å². The molecule has 0 amide bonds. The van der Waals surface area contributed by atoms with Crippen molar-refractivity contribution in [1.82, 2.24) is 9.55 Å². The Morgan fingerprint density at radius 2 is 1.30 bits per heavy atom. The first-order valence-electron chi connectivity index (χ1n) is 16.1. The summed E-state index contributed by atoms with van der Waals surface area (Å²) in [7, 11) is 0. The standard InChI is InChI=1S/C43H35N2S.Ir/c1-27(2)35-24-32(29-13-6-5-7-14-29)25-36(28(3)4)42(35)45-40-20-11-10-19-39(40)44-43(45)38-26-46-41-22-21-31(23-37(38)41)34-18-12-16-30-15-8-9-17-33(30)34;/h5-25,27-28H,1-4H3;/q-1;. The van der Waals surface area contributed by atoms with Crippen molar-refractivity contribution in [3.05, 3.63) is 144 Å². The summed E-state index contributed by atoms with van der Waals surface area (Å²) in [5.41, 5.74) is 12.0. The molecule has 0 atom stereocenters. The molecule has 2 nitrogen and oxygen atoms in total. The first-order chi connectivity index (χ1) is 22.5. The molecule has 6 aromatic carbocycles. The zero-order chi connectivity index (χ0) is 31.4. The van der Waals surface area contributed by atoms with Crippen LogP contribution in [0, 0.1) is 5.38 Å². The Bertz CT molecular complexity index is 2350. The molecule has 0 saturated heterocycles. The molecule has 8 rings (SSSR count). The van der Waals surface area contributed by atoms with Gasteiger partial charge in [0.15, 0.2) is 0 Å². The van der Waals surface area contributed by atoms with E-state index in [1.54, 1.807) is 11.3 Å². The molecule has 47 heavy (non-hydrogen) atoms. The van der Waals surface area contributed by atoms with E-state index in [0.717, 1.165) is 22.4 Å². The Morgan fingerprint density at radius 3 is 2.06 bits per heavy atom. The molecule has 0 bridgehead atoms. The topological polar surface area (TPSA) is 17.8 Å². The van der Waals surface area contributed by atoms with E-state index in [9.17, 15) is 0 Å². The Hall–Kier alpha value is -4.34. The molecule has 4 heteroatoms. The molecule has 8 aromatic rings. The maximum atomic E-state index is 5.35. The van der Waals surface area contributed by atoms with E-state index < -0.39 is 0 Å². The number of nitrogens with zero attached hydrogens (tertiary/aromatic N) is 2. The third-order valence-electron chi connectivity index (χ3n) is 9.14. The number of aromatic nitrogens is 2. The molecule has 1 radical (unpaired) electrons. The van der Waals surface area contributed by atoms with E-state index in [2.05, 4.69) is 165 Å². The van der Waals surface area contributed by atoms with Crippen LogP contribution in [0.1, 0.15) is 50.7 Å². The van der Waals surface area contributed by atoms with Gasteiger partial charge < -0.3 is 4.57 Å². The third-order valence-corrected chi connectivity index (χ3v) is 10.0. The maximum absolute atomic E-state index is 5.35. The number of benzene rings is 6. The third kappa shape index (κ3) is 5.45. The van der Waals surface area contributed by atoms with Crippen LogP contribution < -0.4 is 0 Å². The summed E-state index contributed by atoms with van der Waals surface area (Å²) in [6.07, 6.45) is 0. The van der Waals surface area contributed by atoms with Crippen LogP contribution in [-0.4, -0.2) is 9.55 Å². The maximum Gasteiger partial charge on any atom is 0.0774 e. The van der Waals surface area contributed by atoms with Gasteiger partial charge in [-0.05, 0) is 80.3 Å². The van der Waals surface area contributed by atoms with E-state index in [0.29, 0.717) is 11.8 Å². The smallest absolute Gasteiger partial charge is 0.0774 e. The fraction of sp³-hybridized carbons (Fsp3) is 0.140. The number of hydrogen-bond acceptors (Lipinski definition) is 2. The molecule has 0 saturated carbocycles. The van der Waals surface area contributed by atoms with Crippen molar-refractivity contribution in [3.63, 3.8) is 0 Å². The minimum Gasteiger partial charge on any atom is -0.333 e. The van der Waals surface area contributed by atoms with Gasteiger partial charge in [-0.3, -0.25) is 16.3 Å².